The third-order valence-corrected chi connectivity index (χ3v) is 19.3. The summed E-state index contributed by atoms with van der Waals surface area (Å²) >= 11 is 0. The van der Waals surface area contributed by atoms with E-state index in [1.54, 1.807) is 0 Å². The number of hydrogen-bond donors (Lipinski definition) is 0. The van der Waals surface area contributed by atoms with Crippen LogP contribution in [0.15, 0.2) is 127 Å². The first-order chi connectivity index (χ1) is 34.7. The van der Waals surface area contributed by atoms with Gasteiger partial charge in [0.1, 0.15) is 0 Å². The molecular formula is C70H78BN3. The Hall–Kier alpha value is -6.00. The van der Waals surface area contributed by atoms with E-state index in [1.807, 2.05) is 0 Å². The molecule has 0 saturated heterocycles. The lowest BCUT2D eigenvalue weighted by molar-refractivity contribution is 0.245. The molecule has 0 radical (unpaired) electrons. The van der Waals surface area contributed by atoms with E-state index in [4.69, 9.17) is 0 Å². The van der Waals surface area contributed by atoms with Gasteiger partial charge in [0, 0.05) is 50.9 Å². The van der Waals surface area contributed by atoms with E-state index < -0.39 is 0 Å². The van der Waals surface area contributed by atoms with E-state index in [9.17, 15) is 0 Å². The van der Waals surface area contributed by atoms with Crippen molar-refractivity contribution in [1.82, 2.24) is 0 Å². The van der Waals surface area contributed by atoms with Gasteiger partial charge in [-0.15, -0.1) is 0 Å². The summed E-state index contributed by atoms with van der Waals surface area (Å²) in [7, 11) is 0. The van der Waals surface area contributed by atoms with Crippen LogP contribution in [0.1, 0.15) is 166 Å². The number of rotatable bonds is 3. The van der Waals surface area contributed by atoms with Crippen molar-refractivity contribution in [1.29, 1.82) is 0 Å². The molecule has 6 aliphatic rings. The van der Waals surface area contributed by atoms with Gasteiger partial charge in [-0.1, -0.05) is 170 Å². The SMILES string of the molecule is CC1(C)Cc2ccc(N3c4cc5c(cc4B4c6cc(C(C)(C)C)ccc6N(c6ccc(C(C)(C)C)cc6)c6cc(N7c8ccc(C(C)(C)C)cc8C8(C)CCc9ccccc9C78C)cc3c64)CC(C)(C)C5)cc2C1. The van der Waals surface area contributed by atoms with E-state index in [0.29, 0.717) is 0 Å². The van der Waals surface area contributed by atoms with Crippen molar-refractivity contribution in [3.8, 4) is 0 Å². The molecule has 7 aromatic carbocycles. The molecule has 2 atom stereocenters. The lowest BCUT2D eigenvalue weighted by atomic mass is 9.33. The molecule has 0 spiro atoms. The highest BCUT2D eigenvalue weighted by atomic mass is 15.3. The Morgan fingerprint density at radius 1 is 0.405 bits per heavy atom. The highest BCUT2D eigenvalue weighted by Gasteiger charge is 2.60. The number of nitrogens with zero attached hydrogens (tertiary/aromatic N) is 3. The molecule has 4 heteroatoms. The van der Waals surface area contributed by atoms with Crippen molar-refractivity contribution >= 4 is 68.6 Å². The van der Waals surface area contributed by atoms with Crippen molar-refractivity contribution < 1.29 is 0 Å². The Morgan fingerprint density at radius 3 is 1.58 bits per heavy atom. The van der Waals surface area contributed by atoms with Crippen LogP contribution in [0.5, 0.6) is 0 Å². The van der Waals surface area contributed by atoms with Gasteiger partial charge in [-0.25, -0.2) is 0 Å². The van der Waals surface area contributed by atoms with Crippen molar-refractivity contribution in [2.24, 2.45) is 10.8 Å². The van der Waals surface area contributed by atoms with Crippen LogP contribution in [-0.4, -0.2) is 6.71 Å². The van der Waals surface area contributed by atoms with Gasteiger partial charge in [-0.2, -0.15) is 0 Å². The van der Waals surface area contributed by atoms with Crippen molar-refractivity contribution in [2.45, 2.75) is 170 Å². The summed E-state index contributed by atoms with van der Waals surface area (Å²) in [4.78, 5) is 8.22. The molecule has 0 aromatic heterocycles. The average molecular weight is 972 g/mol. The Bertz CT molecular complexity index is 3520. The summed E-state index contributed by atoms with van der Waals surface area (Å²) in [6.45, 7) is 36.3. The van der Waals surface area contributed by atoms with E-state index in [1.165, 1.54) is 118 Å². The van der Waals surface area contributed by atoms with Crippen LogP contribution in [0.3, 0.4) is 0 Å². The maximum Gasteiger partial charge on any atom is 0.252 e. The highest BCUT2D eigenvalue weighted by Crippen LogP contribution is 2.65. The van der Waals surface area contributed by atoms with Crippen LogP contribution in [-0.2, 0) is 59.3 Å². The van der Waals surface area contributed by atoms with Crippen molar-refractivity contribution in [2.75, 3.05) is 14.7 Å². The average Bonchev–Trinajstić information content (AvgIpc) is 3.96. The van der Waals surface area contributed by atoms with Crippen LogP contribution in [0.25, 0.3) is 0 Å². The maximum absolute atomic E-state index is 2.82. The van der Waals surface area contributed by atoms with Crippen LogP contribution in [0.4, 0.5) is 45.5 Å². The highest BCUT2D eigenvalue weighted by molar-refractivity contribution is 7.00. The first-order valence-corrected chi connectivity index (χ1v) is 28.1. The van der Waals surface area contributed by atoms with Gasteiger partial charge in [0.25, 0.3) is 6.71 Å². The van der Waals surface area contributed by atoms with Crippen LogP contribution < -0.4 is 31.1 Å². The molecule has 0 amide bonds. The lowest BCUT2D eigenvalue weighted by Crippen LogP contribution is -2.62. The topological polar surface area (TPSA) is 9.72 Å². The lowest BCUT2D eigenvalue weighted by Gasteiger charge is -2.52. The summed E-state index contributed by atoms with van der Waals surface area (Å²) in [5.41, 5.74) is 28.9. The van der Waals surface area contributed by atoms with Gasteiger partial charge >= 0.3 is 0 Å². The Kier molecular flexibility index (Phi) is 9.88. The first-order valence-electron chi connectivity index (χ1n) is 28.1. The number of hydrogen-bond acceptors (Lipinski definition) is 3. The smallest absolute Gasteiger partial charge is 0.252 e. The molecule has 3 heterocycles. The monoisotopic (exact) mass is 972 g/mol. The summed E-state index contributed by atoms with van der Waals surface area (Å²) in [5, 5.41) is 0. The molecule has 0 bridgehead atoms. The zero-order valence-corrected chi connectivity index (χ0v) is 47.3. The zero-order valence-electron chi connectivity index (χ0n) is 47.3. The minimum atomic E-state index is -0.378. The molecule has 7 aromatic rings. The summed E-state index contributed by atoms with van der Waals surface area (Å²) in [6, 6.07) is 52.1. The zero-order chi connectivity index (χ0) is 52.0. The molecule has 376 valence electrons. The predicted octanol–water partition coefficient (Wildman–Crippen LogP) is 16.2. The normalized spacial score (nSPS) is 21.6. The number of aryl methyl sites for hydroxylation is 1. The molecule has 13 rings (SSSR count). The molecular weight excluding hydrogens is 894 g/mol. The van der Waals surface area contributed by atoms with Gasteiger partial charge in [0.15, 0.2) is 0 Å². The molecule has 3 aliphatic carbocycles. The quantitative estimate of drug-likeness (QED) is 0.163. The Balaban J connectivity index is 1.16. The van der Waals surface area contributed by atoms with Crippen LogP contribution in [0.2, 0.25) is 0 Å². The Morgan fingerprint density at radius 2 is 0.932 bits per heavy atom. The largest absolute Gasteiger partial charge is 0.330 e. The second kappa shape index (κ2) is 15.3. The van der Waals surface area contributed by atoms with Crippen LogP contribution in [0, 0.1) is 10.8 Å². The molecule has 0 fully saturated rings. The fourth-order valence-corrected chi connectivity index (χ4v) is 15.2. The standard InChI is InChI=1S/C70H78BN3/c1-64(2,3)48-21-26-51(27-22-48)72-59-29-24-50(66(7,8)9)36-57(59)71-56-33-46-41-68(12,13)42-47(46)34-60(56)73(52-25-20-44-39-67(10,11)40-45(44)32-52)62-38-53(37-61(72)63(62)71)74-58-28-23-49(65(4,5)6)35-55(58)69(14)31-30-43-18-16-17-19-54(43)70(69,74)15/h16-29,32-38H,30-31,39-42H2,1-15H3. The third-order valence-electron chi connectivity index (χ3n) is 19.3. The van der Waals surface area contributed by atoms with Gasteiger partial charge in [-0.05, 0) is 199 Å². The van der Waals surface area contributed by atoms with Gasteiger partial charge < -0.3 is 14.7 Å². The van der Waals surface area contributed by atoms with Crippen LogP contribution >= 0.6 is 0 Å². The molecule has 0 saturated carbocycles. The summed E-state index contributed by atoms with van der Waals surface area (Å²) < 4.78 is 0. The molecule has 74 heavy (non-hydrogen) atoms. The maximum atomic E-state index is 2.82. The number of benzene rings is 7. The van der Waals surface area contributed by atoms with Gasteiger partial charge in [-0.3, -0.25) is 0 Å². The van der Waals surface area contributed by atoms with Crippen molar-refractivity contribution in [3.63, 3.8) is 0 Å². The van der Waals surface area contributed by atoms with E-state index in [2.05, 4.69) is 246 Å². The third kappa shape index (κ3) is 6.90. The number of anilines is 8. The van der Waals surface area contributed by atoms with Crippen molar-refractivity contribution in [3.05, 3.63) is 183 Å². The van der Waals surface area contributed by atoms with E-state index >= 15 is 0 Å². The van der Waals surface area contributed by atoms with E-state index in [-0.39, 0.29) is 44.7 Å². The molecule has 3 aliphatic heterocycles. The molecule has 0 N–H and O–H groups in total. The van der Waals surface area contributed by atoms with Gasteiger partial charge in [0.2, 0.25) is 0 Å². The fraction of sp³-hybridized carbons (Fsp3) is 0.400. The predicted molar refractivity (Wildman–Crippen MR) is 317 cm³/mol. The summed E-state index contributed by atoms with van der Waals surface area (Å²) in [5.74, 6) is 0. The minimum Gasteiger partial charge on any atom is -0.330 e. The number of fused-ring (bicyclic) bond motifs is 11. The fourth-order valence-electron chi connectivity index (χ4n) is 15.2. The Labute approximate surface area is 444 Å². The second-order valence-corrected chi connectivity index (χ2v) is 28.9. The minimum absolute atomic E-state index is 0.0183. The van der Waals surface area contributed by atoms with Gasteiger partial charge in [0.05, 0.1) is 5.54 Å². The molecule has 2 unspecified atom stereocenters. The first kappa shape index (κ1) is 47.7. The molecule has 3 nitrogen and oxygen atoms in total. The van der Waals surface area contributed by atoms with E-state index in [0.717, 1.165) is 38.5 Å². The summed E-state index contributed by atoms with van der Waals surface area (Å²) in [6.07, 6.45) is 6.55. The second-order valence-electron chi connectivity index (χ2n) is 28.9.